The molecule has 0 heterocycles. The zero-order chi connectivity index (χ0) is 20.1. The SMILES string of the molecule is CC[C@@H](C)/C=C/[C@@H](C)[C@H]1CC[C@@H]2[C@H]3CC=C4C[C@@H](O)CC[C@]4(C)[C@@H]3CC[C@@]21C. The molecule has 0 spiro atoms. The van der Waals surface area contributed by atoms with Crippen LogP contribution in [0.5, 0.6) is 0 Å². The van der Waals surface area contributed by atoms with Crippen molar-refractivity contribution in [2.75, 3.05) is 0 Å². The van der Waals surface area contributed by atoms with Gasteiger partial charge in [-0.25, -0.2) is 0 Å². The third kappa shape index (κ3) is 3.24. The van der Waals surface area contributed by atoms with Gasteiger partial charge in [-0.1, -0.05) is 64.8 Å². The average Bonchev–Trinajstić information content (AvgIpc) is 3.03. The Balaban J connectivity index is 1.54. The Hall–Kier alpha value is -0.560. The normalized spacial score (nSPS) is 47.8. The standard InChI is InChI=1S/C27H44O/c1-6-18(2)7-8-19(3)23-11-12-24-22-10-9-20-17-21(28)13-15-26(20,4)25(22)14-16-27(23,24)5/h7-9,18-19,21-25,28H,6,10-17H2,1-5H3/b8-7+/t18-,19-,21+,22-,23-,24-,25-,26+,27-/m1/s1. The summed E-state index contributed by atoms with van der Waals surface area (Å²) in [5, 5.41) is 10.2. The number of hydrogen-bond donors (Lipinski definition) is 1. The Morgan fingerprint density at radius 2 is 1.86 bits per heavy atom. The third-order valence-electron chi connectivity index (χ3n) is 10.2. The molecule has 0 aromatic heterocycles. The fourth-order valence-corrected chi connectivity index (χ4v) is 8.18. The van der Waals surface area contributed by atoms with E-state index in [2.05, 4.69) is 52.8 Å². The van der Waals surface area contributed by atoms with Crippen molar-refractivity contribution in [3.05, 3.63) is 23.8 Å². The van der Waals surface area contributed by atoms with Crippen molar-refractivity contribution < 1.29 is 5.11 Å². The van der Waals surface area contributed by atoms with Gasteiger partial charge in [0, 0.05) is 0 Å². The van der Waals surface area contributed by atoms with Gasteiger partial charge in [-0.05, 0) is 97.7 Å². The van der Waals surface area contributed by atoms with E-state index in [4.69, 9.17) is 0 Å². The molecule has 0 radical (unpaired) electrons. The molecule has 0 aromatic carbocycles. The highest BCUT2D eigenvalue weighted by molar-refractivity contribution is 5.25. The molecular formula is C27H44O. The lowest BCUT2D eigenvalue weighted by Gasteiger charge is -2.58. The second kappa shape index (κ2) is 7.60. The molecule has 0 bridgehead atoms. The zero-order valence-electron chi connectivity index (χ0n) is 19.1. The largest absolute Gasteiger partial charge is 0.393 e. The molecule has 3 saturated carbocycles. The third-order valence-corrected chi connectivity index (χ3v) is 10.2. The van der Waals surface area contributed by atoms with Crippen LogP contribution in [0.3, 0.4) is 0 Å². The first-order valence-electron chi connectivity index (χ1n) is 12.4. The second-order valence-corrected chi connectivity index (χ2v) is 11.5. The van der Waals surface area contributed by atoms with Crippen LogP contribution in [0.1, 0.15) is 92.4 Å². The van der Waals surface area contributed by atoms with Crippen LogP contribution < -0.4 is 0 Å². The summed E-state index contributed by atoms with van der Waals surface area (Å²) in [6.45, 7) is 12.3. The van der Waals surface area contributed by atoms with Gasteiger partial charge in [0.1, 0.15) is 0 Å². The number of rotatable bonds is 4. The minimum Gasteiger partial charge on any atom is -0.393 e. The topological polar surface area (TPSA) is 20.2 Å². The van der Waals surface area contributed by atoms with Gasteiger partial charge >= 0.3 is 0 Å². The molecule has 0 aliphatic heterocycles. The molecule has 9 atom stereocenters. The first kappa shape index (κ1) is 20.7. The highest BCUT2D eigenvalue weighted by atomic mass is 16.3. The van der Waals surface area contributed by atoms with E-state index in [-0.39, 0.29) is 6.10 Å². The molecule has 3 fully saturated rings. The highest BCUT2D eigenvalue weighted by Gasteiger charge is 2.58. The zero-order valence-corrected chi connectivity index (χ0v) is 19.1. The maximum atomic E-state index is 10.2. The number of hydrogen-bond acceptors (Lipinski definition) is 1. The van der Waals surface area contributed by atoms with Crippen LogP contribution in [0.4, 0.5) is 0 Å². The van der Waals surface area contributed by atoms with Gasteiger partial charge in [-0.3, -0.25) is 0 Å². The predicted molar refractivity (Wildman–Crippen MR) is 119 cm³/mol. The molecule has 1 N–H and O–H groups in total. The van der Waals surface area contributed by atoms with Crippen LogP contribution >= 0.6 is 0 Å². The molecule has 4 rings (SSSR count). The molecule has 0 aromatic rings. The molecule has 28 heavy (non-hydrogen) atoms. The Bertz CT molecular complexity index is 632. The summed E-state index contributed by atoms with van der Waals surface area (Å²) in [5.74, 6) is 4.96. The number of aliphatic hydroxyl groups excluding tert-OH is 1. The Kier molecular flexibility index (Phi) is 5.62. The van der Waals surface area contributed by atoms with E-state index < -0.39 is 0 Å². The molecule has 4 aliphatic carbocycles. The quantitative estimate of drug-likeness (QED) is 0.510. The summed E-state index contributed by atoms with van der Waals surface area (Å²) in [6, 6.07) is 0. The molecule has 158 valence electrons. The maximum Gasteiger partial charge on any atom is 0.0577 e. The molecule has 1 heteroatoms. The van der Waals surface area contributed by atoms with Gasteiger partial charge in [0.25, 0.3) is 0 Å². The van der Waals surface area contributed by atoms with Crippen molar-refractivity contribution in [2.45, 2.75) is 98.5 Å². The average molecular weight is 385 g/mol. The van der Waals surface area contributed by atoms with E-state index in [1.165, 1.54) is 44.9 Å². The molecule has 0 unspecified atom stereocenters. The second-order valence-electron chi connectivity index (χ2n) is 11.5. The number of aliphatic hydroxyl groups is 1. The summed E-state index contributed by atoms with van der Waals surface area (Å²) < 4.78 is 0. The van der Waals surface area contributed by atoms with Crippen LogP contribution in [0.2, 0.25) is 0 Å². The van der Waals surface area contributed by atoms with Gasteiger partial charge in [0.2, 0.25) is 0 Å². The van der Waals surface area contributed by atoms with E-state index in [0.29, 0.717) is 16.7 Å². The van der Waals surface area contributed by atoms with Crippen LogP contribution in [-0.4, -0.2) is 11.2 Å². The van der Waals surface area contributed by atoms with Crippen molar-refractivity contribution in [3.63, 3.8) is 0 Å². The summed E-state index contributed by atoms with van der Waals surface area (Å²) in [4.78, 5) is 0. The van der Waals surface area contributed by atoms with E-state index in [1.807, 2.05) is 0 Å². The summed E-state index contributed by atoms with van der Waals surface area (Å²) in [5.41, 5.74) is 2.52. The Morgan fingerprint density at radius 3 is 2.61 bits per heavy atom. The van der Waals surface area contributed by atoms with Crippen molar-refractivity contribution in [1.29, 1.82) is 0 Å². The monoisotopic (exact) mass is 384 g/mol. The summed E-state index contributed by atoms with van der Waals surface area (Å²) in [6.07, 6.45) is 19.0. The highest BCUT2D eigenvalue weighted by Crippen LogP contribution is 2.67. The fraction of sp³-hybridized carbons (Fsp3) is 0.852. The Labute approximate surface area is 174 Å². The van der Waals surface area contributed by atoms with Gasteiger partial charge in [-0.2, -0.15) is 0 Å². The van der Waals surface area contributed by atoms with E-state index in [9.17, 15) is 5.11 Å². The Morgan fingerprint density at radius 1 is 1.07 bits per heavy atom. The van der Waals surface area contributed by atoms with Crippen molar-refractivity contribution in [3.8, 4) is 0 Å². The van der Waals surface area contributed by atoms with Gasteiger partial charge in [0.15, 0.2) is 0 Å². The lowest BCUT2D eigenvalue weighted by Crippen LogP contribution is -2.50. The van der Waals surface area contributed by atoms with Crippen molar-refractivity contribution in [1.82, 2.24) is 0 Å². The fourth-order valence-electron chi connectivity index (χ4n) is 8.18. The number of allylic oxidation sites excluding steroid dienone is 3. The minimum absolute atomic E-state index is 0.0845. The van der Waals surface area contributed by atoms with E-state index in [0.717, 1.165) is 42.4 Å². The molecule has 1 nitrogen and oxygen atoms in total. The lowest BCUT2D eigenvalue weighted by molar-refractivity contribution is -0.0540. The minimum atomic E-state index is -0.0845. The van der Waals surface area contributed by atoms with Crippen LogP contribution in [0.25, 0.3) is 0 Å². The van der Waals surface area contributed by atoms with Crippen LogP contribution in [-0.2, 0) is 0 Å². The molecule has 0 saturated heterocycles. The van der Waals surface area contributed by atoms with Gasteiger partial charge in [0.05, 0.1) is 6.10 Å². The van der Waals surface area contributed by atoms with Crippen molar-refractivity contribution >= 4 is 0 Å². The lowest BCUT2D eigenvalue weighted by atomic mass is 9.47. The van der Waals surface area contributed by atoms with Crippen LogP contribution in [0.15, 0.2) is 23.8 Å². The van der Waals surface area contributed by atoms with Crippen molar-refractivity contribution in [2.24, 2.45) is 46.3 Å². The maximum absolute atomic E-state index is 10.2. The predicted octanol–water partition coefficient (Wildman–Crippen LogP) is 7.16. The first-order valence-corrected chi connectivity index (χ1v) is 12.4. The van der Waals surface area contributed by atoms with E-state index >= 15 is 0 Å². The van der Waals surface area contributed by atoms with Crippen LogP contribution in [0, 0.1) is 46.3 Å². The molecular weight excluding hydrogens is 340 g/mol. The number of fused-ring (bicyclic) bond motifs is 5. The van der Waals surface area contributed by atoms with Gasteiger partial charge < -0.3 is 5.11 Å². The van der Waals surface area contributed by atoms with E-state index in [1.54, 1.807) is 5.57 Å². The molecule has 0 amide bonds. The summed E-state index contributed by atoms with van der Waals surface area (Å²) >= 11 is 0. The smallest absolute Gasteiger partial charge is 0.0577 e. The summed E-state index contributed by atoms with van der Waals surface area (Å²) in [7, 11) is 0. The first-order chi connectivity index (χ1) is 13.3. The van der Waals surface area contributed by atoms with Gasteiger partial charge in [-0.15, -0.1) is 0 Å². The molecule has 4 aliphatic rings.